The van der Waals surface area contributed by atoms with Crippen molar-refractivity contribution in [3.8, 4) is 5.75 Å². The quantitative estimate of drug-likeness (QED) is 0.427. The van der Waals surface area contributed by atoms with Gasteiger partial charge in [-0.2, -0.15) is 0 Å². The molecule has 1 aromatic rings. The molecule has 0 bridgehead atoms. The molecule has 2 fully saturated rings. The number of sulfone groups is 1. The molecular formula is C22H30N2O5S. The van der Waals surface area contributed by atoms with Crippen LogP contribution < -0.4 is 10.1 Å². The van der Waals surface area contributed by atoms with Crippen LogP contribution in [-0.4, -0.2) is 56.5 Å². The van der Waals surface area contributed by atoms with E-state index in [4.69, 9.17) is 4.74 Å². The number of benzene rings is 1. The molecule has 0 atom stereocenters. The van der Waals surface area contributed by atoms with Crippen molar-refractivity contribution in [2.45, 2.75) is 38.5 Å². The molecule has 1 aliphatic heterocycles. The SMILES string of the molecule is CC(C)COc1cccc(C2(CS(=O)(=O)CC/C=C/CN3CC(=O)NC3=O)CC2)c1. The van der Waals surface area contributed by atoms with Crippen LogP contribution in [0.1, 0.15) is 38.7 Å². The van der Waals surface area contributed by atoms with E-state index in [-0.39, 0.29) is 29.4 Å². The number of allylic oxidation sites excluding steroid dienone is 1. The van der Waals surface area contributed by atoms with Gasteiger partial charge in [-0.05, 0) is 42.9 Å². The van der Waals surface area contributed by atoms with Crippen LogP contribution in [0.4, 0.5) is 4.79 Å². The number of hydrogen-bond donors (Lipinski definition) is 1. The van der Waals surface area contributed by atoms with E-state index in [9.17, 15) is 18.0 Å². The van der Waals surface area contributed by atoms with Gasteiger partial charge in [-0.15, -0.1) is 0 Å². The Bertz CT molecular complexity index is 919. The Hall–Kier alpha value is -2.35. The Morgan fingerprint density at radius 1 is 1.23 bits per heavy atom. The smallest absolute Gasteiger partial charge is 0.324 e. The molecule has 0 spiro atoms. The third-order valence-corrected chi connectivity index (χ3v) is 7.19. The zero-order valence-electron chi connectivity index (χ0n) is 17.6. The van der Waals surface area contributed by atoms with E-state index in [1.54, 1.807) is 12.2 Å². The van der Waals surface area contributed by atoms with Crippen molar-refractivity contribution < 1.29 is 22.7 Å². The van der Waals surface area contributed by atoms with Gasteiger partial charge in [0.1, 0.15) is 12.3 Å². The van der Waals surface area contributed by atoms with E-state index >= 15 is 0 Å². The number of nitrogens with one attached hydrogen (secondary N) is 1. The highest BCUT2D eigenvalue weighted by atomic mass is 32.2. The average Bonchev–Trinajstić information content (AvgIpc) is 3.37. The van der Waals surface area contributed by atoms with Crippen molar-refractivity contribution in [3.63, 3.8) is 0 Å². The number of hydrogen-bond acceptors (Lipinski definition) is 5. The van der Waals surface area contributed by atoms with Gasteiger partial charge >= 0.3 is 6.03 Å². The number of urea groups is 1. The number of nitrogens with zero attached hydrogens (tertiary/aromatic N) is 1. The Kier molecular flexibility index (Phi) is 6.85. The maximum absolute atomic E-state index is 12.7. The van der Waals surface area contributed by atoms with E-state index in [1.807, 2.05) is 24.3 Å². The predicted molar refractivity (Wildman–Crippen MR) is 115 cm³/mol. The maximum atomic E-state index is 12.7. The second-order valence-electron chi connectivity index (χ2n) is 8.60. The van der Waals surface area contributed by atoms with E-state index in [1.165, 1.54) is 4.90 Å². The Morgan fingerprint density at radius 3 is 2.63 bits per heavy atom. The van der Waals surface area contributed by atoms with Crippen LogP contribution >= 0.6 is 0 Å². The second kappa shape index (κ2) is 9.20. The van der Waals surface area contributed by atoms with Gasteiger partial charge in [-0.1, -0.05) is 38.1 Å². The summed E-state index contributed by atoms with van der Waals surface area (Å²) in [5.41, 5.74) is 0.737. The lowest BCUT2D eigenvalue weighted by Gasteiger charge is -2.17. The molecule has 3 rings (SSSR count). The summed E-state index contributed by atoms with van der Waals surface area (Å²) >= 11 is 0. The van der Waals surface area contributed by atoms with Gasteiger partial charge in [0.2, 0.25) is 5.91 Å². The van der Waals surface area contributed by atoms with Gasteiger partial charge in [-0.3, -0.25) is 10.1 Å². The lowest BCUT2D eigenvalue weighted by Crippen LogP contribution is -2.28. The lowest BCUT2D eigenvalue weighted by molar-refractivity contribution is -0.118. The van der Waals surface area contributed by atoms with Gasteiger partial charge in [0.25, 0.3) is 0 Å². The molecule has 7 nitrogen and oxygen atoms in total. The topological polar surface area (TPSA) is 92.8 Å². The first-order valence-electron chi connectivity index (χ1n) is 10.4. The Morgan fingerprint density at radius 2 is 2.00 bits per heavy atom. The summed E-state index contributed by atoms with van der Waals surface area (Å²) in [5, 5.41) is 2.21. The highest BCUT2D eigenvalue weighted by molar-refractivity contribution is 7.91. The van der Waals surface area contributed by atoms with Crippen molar-refractivity contribution in [1.29, 1.82) is 0 Å². The molecule has 1 saturated carbocycles. The van der Waals surface area contributed by atoms with Crippen molar-refractivity contribution >= 4 is 21.8 Å². The first-order chi connectivity index (χ1) is 14.2. The summed E-state index contributed by atoms with van der Waals surface area (Å²) < 4.78 is 31.2. The van der Waals surface area contributed by atoms with Gasteiger partial charge in [-0.25, -0.2) is 13.2 Å². The molecule has 1 saturated heterocycles. The highest BCUT2D eigenvalue weighted by Crippen LogP contribution is 2.50. The minimum absolute atomic E-state index is 0.0456. The number of carbonyl (C=O) groups is 2. The Labute approximate surface area is 178 Å². The minimum atomic E-state index is -3.22. The molecular weight excluding hydrogens is 404 g/mol. The molecule has 164 valence electrons. The molecule has 3 amide bonds. The zero-order valence-corrected chi connectivity index (χ0v) is 18.4. The first kappa shape index (κ1) is 22.3. The van der Waals surface area contributed by atoms with Crippen LogP contribution in [0.2, 0.25) is 0 Å². The van der Waals surface area contributed by atoms with Crippen molar-refractivity contribution in [1.82, 2.24) is 10.2 Å². The summed E-state index contributed by atoms with van der Waals surface area (Å²) in [6.07, 6.45) is 5.62. The van der Waals surface area contributed by atoms with Gasteiger partial charge in [0.05, 0.1) is 18.1 Å². The van der Waals surface area contributed by atoms with Crippen molar-refractivity contribution in [2.75, 3.05) is 31.2 Å². The summed E-state index contributed by atoms with van der Waals surface area (Å²) in [6.45, 7) is 5.16. The maximum Gasteiger partial charge on any atom is 0.324 e. The number of rotatable bonds is 11. The molecule has 0 unspecified atom stereocenters. The molecule has 1 heterocycles. The molecule has 1 aromatic carbocycles. The van der Waals surface area contributed by atoms with Crippen molar-refractivity contribution in [3.05, 3.63) is 42.0 Å². The molecule has 0 radical (unpaired) electrons. The van der Waals surface area contributed by atoms with E-state index in [2.05, 4.69) is 19.2 Å². The molecule has 2 aliphatic rings. The van der Waals surface area contributed by atoms with E-state index in [0.29, 0.717) is 25.5 Å². The van der Waals surface area contributed by atoms with Crippen LogP contribution in [0.25, 0.3) is 0 Å². The highest BCUT2D eigenvalue weighted by Gasteiger charge is 2.47. The molecule has 0 aromatic heterocycles. The zero-order chi connectivity index (χ0) is 21.8. The summed E-state index contributed by atoms with van der Waals surface area (Å²) in [5.74, 6) is 1.11. The molecule has 1 aliphatic carbocycles. The van der Waals surface area contributed by atoms with Crippen molar-refractivity contribution in [2.24, 2.45) is 5.92 Å². The standard InChI is InChI=1S/C22H30N2O5S/c1-17(2)15-29-19-8-6-7-18(13-19)22(9-10-22)16-30(27,28)12-5-3-4-11-24-14-20(25)23-21(24)26/h3-4,6-8,13,17H,5,9-12,14-16H2,1-2H3,(H,23,25,26)/b4-3+. The Balaban J connectivity index is 1.51. The number of ether oxygens (including phenoxy) is 1. The summed E-state index contributed by atoms with van der Waals surface area (Å²) in [6, 6.07) is 7.41. The number of amides is 3. The largest absolute Gasteiger partial charge is 0.493 e. The first-order valence-corrected chi connectivity index (χ1v) is 12.2. The minimum Gasteiger partial charge on any atom is -0.493 e. The van der Waals surface area contributed by atoms with Gasteiger partial charge in [0.15, 0.2) is 9.84 Å². The fraction of sp³-hybridized carbons (Fsp3) is 0.545. The normalized spacial score (nSPS) is 18.3. The van der Waals surface area contributed by atoms with Crippen LogP contribution in [0.5, 0.6) is 5.75 Å². The van der Waals surface area contributed by atoms with E-state index in [0.717, 1.165) is 24.2 Å². The summed E-state index contributed by atoms with van der Waals surface area (Å²) in [4.78, 5) is 24.0. The van der Waals surface area contributed by atoms with Gasteiger partial charge in [0, 0.05) is 12.0 Å². The molecule has 8 heteroatoms. The predicted octanol–water partition coefficient (Wildman–Crippen LogP) is 2.67. The number of carbonyl (C=O) groups excluding carboxylic acids is 2. The second-order valence-corrected chi connectivity index (χ2v) is 10.8. The third-order valence-electron chi connectivity index (χ3n) is 5.34. The van der Waals surface area contributed by atoms with Crippen LogP contribution in [-0.2, 0) is 20.0 Å². The molecule has 30 heavy (non-hydrogen) atoms. The lowest BCUT2D eigenvalue weighted by atomic mass is 9.98. The van der Waals surface area contributed by atoms with Gasteiger partial charge < -0.3 is 9.64 Å². The fourth-order valence-electron chi connectivity index (χ4n) is 3.54. The molecule has 1 N–H and O–H groups in total. The average molecular weight is 435 g/mol. The fourth-order valence-corrected chi connectivity index (χ4v) is 5.47. The van der Waals surface area contributed by atoms with Crippen LogP contribution in [0.3, 0.4) is 0 Å². The van der Waals surface area contributed by atoms with Crippen LogP contribution in [0, 0.1) is 5.92 Å². The third kappa shape index (κ3) is 6.08. The van der Waals surface area contributed by atoms with Crippen LogP contribution in [0.15, 0.2) is 36.4 Å². The summed E-state index contributed by atoms with van der Waals surface area (Å²) in [7, 11) is -3.22. The van der Waals surface area contributed by atoms with E-state index < -0.39 is 15.9 Å². The number of imide groups is 1. The monoisotopic (exact) mass is 434 g/mol.